The van der Waals surface area contributed by atoms with Crippen LogP contribution < -0.4 is 5.32 Å². The molecule has 0 bridgehead atoms. The van der Waals surface area contributed by atoms with Gasteiger partial charge >= 0.3 is 0 Å². The number of morpholine rings is 1. The van der Waals surface area contributed by atoms with Crippen molar-refractivity contribution in [2.75, 3.05) is 31.6 Å². The summed E-state index contributed by atoms with van der Waals surface area (Å²) in [5.74, 6) is 0.533. The Morgan fingerprint density at radius 3 is 2.65 bits per heavy atom. The van der Waals surface area contributed by atoms with Crippen molar-refractivity contribution in [3.63, 3.8) is 0 Å². The van der Waals surface area contributed by atoms with Crippen LogP contribution >= 0.6 is 0 Å². The number of benzene rings is 1. The molecule has 6 heteroatoms. The van der Waals surface area contributed by atoms with Gasteiger partial charge in [-0.3, -0.25) is 4.79 Å². The molecule has 2 aromatic rings. The van der Waals surface area contributed by atoms with Crippen LogP contribution in [0.2, 0.25) is 0 Å². The Labute approximate surface area is 135 Å². The fourth-order valence-electron chi connectivity index (χ4n) is 2.53. The van der Waals surface area contributed by atoms with Crippen LogP contribution in [0.3, 0.4) is 0 Å². The Balaban J connectivity index is 1.70. The normalized spacial score (nSPS) is 14.6. The number of carbonyl (C=O) groups excluding carboxylic acids is 1. The number of hydrogen-bond acceptors (Lipinski definition) is 5. The predicted molar refractivity (Wildman–Crippen MR) is 87.9 cm³/mol. The number of rotatable bonds is 4. The number of aryl methyl sites for hydroxylation is 1. The molecule has 1 amide bonds. The van der Waals surface area contributed by atoms with E-state index in [1.54, 1.807) is 17.0 Å². The molecule has 2 heterocycles. The van der Waals surface area contributed by atoms with Crippen LogP contribution in [-0.4, -0.2) is 47.3 Å². The minimum absolute atomic E-state index is 0.0960. The van der Waals surface area contributed by atoms with Crippen molar-refractivity contribution in [1.82, 2.24) is 15.1 Å². The minimum Gasteiger partial charge on any atom is -0.378 e. The van der Waals surface area contributed by atoms with Gasteiger partial charge in [0.1, 0.15) is 0 Å². The predicted octanol–water partition coefficient (Wildman–Crippen LogP) is 2.25. The third-order valence-corrected chi connectivity index (χ3v) is 3.84. The number of nitrogens with one attached hydrogen (secondary N) is 1. The highest BCUT2D eigenvalue weighted by Gasteiger charge is 2.19. The molecule has 1 fully saturated rings. The van der Waals surface area contributed by atoms with Crippen LogP contribution in [0.1, 0.15) is 23.0 Å². The molecule has 6 nitrogen and oxygen atoms in total. The second-order valence-electron chi connectivity index (χ2n) is 5.34. The van der Waals surface area contributed by atoms with Gasteiger partial charge < -0.3 is 15.0 Å². The Bertz CT molecular complexity index is 667. The second-order valence-corrected chi connectivity index (χ2v) is 5.34. The van der Waals surface area contributed by atoms with E-state index in [0.717, 1.165) is 12.1 Å². The largest absolute Gasteiger partial charge is 0.378 e. The zero-order valence-electron chi connectivity index (χ0n) is 13.2. The van der Waals surface area contributed by atoms with Crippen molar-refractivity contribution in [2.45, 2.75) is 13.3 Å². The van der Waals surface area contributed by atoms with E-state index < -0.39 is 0 Å². The summed E-state index contributed by atoms with van der Waals surface area (Å²) < 4.78 is 5.25. The van der Waals surface area contributed by atoms with Crippen molar-refractivity contribution >= 4 is 17.4 Å². The monoisotopic (exact) mass is 312 g/mol. The van der Waals surface area contributed by atoms with E-state index in [4.69, 9.17) is 4.74 Å². The molecule has 23 heavy (non-hydrogen) atoms. The van der Waals surface area contributed by atoms with Crippen molar-refractivity contribution in [2.24, 2.45) is 0 Å². The van der Waals surface area contributed by atoms with Crippen LogP contribution in [-0.2, 0) is 11.2 Å². The molecule has 1 N–H and O–H groups in total. The summed E-state index contributed by atoms with van der Waals surface area (Å²) in [5.41, 5.74) is 2.58. The minimum atomic E-state index is -0.0960. The molecule has 1 aliphatic rings. The highest BCUT2D eigenvalue weighted by atomic mass is 16.5. The quantitative estimate of drug-likeness (QED) is 0.938. The maximum Gasteiger partial charge on any atom is 0.274 e. The van der Waals surface area contributed by atoms with Crippen LogP contribution in [0.5, 0.6) is 0 Å². The summed E-state index contributed by atoms with van der Waals surface area (Å²) >= 11 is 0. The Kier molecular flexibility index (Phi) is 4.83. The van der Waals surface area contributed by atoms with Crippen LogP contribution in [0.25, 0.3) is 0 Å². The van der Waals surface area contributed by atoms with Gasteiger partial charge in [-0.15, -0.1) is 10.2 Å². The fourth-order valence-corrected chi connectivity index (χ4v) is 2.53. The van der Waals surface area contributed by atoms with E-state index in [0.29, 0.717) is 37.8 Å². The molecular weight excluding hydrogens is 292 g/mol. The van der Waals surface area contributed by atoms with E-state index in [2.05, 4.69) is 28.5 Å². The number of nitrogens with zero attached hydrogens (tertiary/aromatic N) is 3. The Morgan fingerprint density at radius 1 is 1.17 bits per heavy atom. The zero-order chi connectivity index (χ0) is 16.1. The van der Waals surface area contributed by atoms with Gasteiger partial charge in [0.2, 0.25) is 0 Å². The number of amides is 1. The van der Waals surface area contributed by atoms with Gasteiger partial charge in [-0.25, -0.2) is 0 Å². The van der Waals surface area contributed by atoms with E-state index in [1.165, 1.54) is 5.56 Å². The first-order chi connectivity index (χ1) is 11.3. The number of anilines is 2. The SMILES string of the molecule is CCc1ccccc1Nc1ccc(C(=O)N2CCOCC2)nn1. The molecule has 1 saturated heterocycles. The fraction of sp³-hybridized carbons (Fsp3) is 0.353. The second kappa shape index (κ2) is 7.19. The lowest BCUT2D eigenvalue weighted by Gasteiger charge is -2.26. The number of hydrogen-bond donors (Lipinski definition) is 1. The van der Waals surface area contributed by atoms with Gasteiger partial charge in [-0.2, -0.15) is 0 Å². The van der Waals surface area contributed by atoms with Crippen molar-refractivity contribution in [3.05, 3.63) is 47.7 Å². The average molecular weight is 312 g/mol. The zero-order valence-corrected chi connectivity index (χ0v) is 13.2. The van der Waals surface area contributed by atoms with Gasteiger partial charge in [0.25, 0.3) is 5.91 Å². The smallest absolute Gasteiger partial charge is 0.274 e. The highest BCUT2D eigenvalue weighted by molar-refractivity contribution is 5.92. The molecular formula is C17H20N4O2. The molecule has 0 radical (unpaired) electrons. The van der Waals surface area contributed by atoms with Crippen molar-refractivity contribution < 1.29 is 9.53 Å². The third kappa shape index (κ3) is 3.65. The number of para-hydroxylation sites is 1. The summed E-state index contributed by atoms with van der Waals surface area (Å²) in [6.45, 7) is 4.46. The number of aromatic nitrogens is 2. The van der Waals surface area contributed by atoms with Crippen LogP contribution in [0.15, 0.2) is 36.4 Å². The first-order valence-corrected chi connectivity index (χ1v) is 7.83. The Hall–Kier alpha value is -2.47. The molecule has 1 aromatic carbocycles. The average Bonchev–Trinajstić information content (AvgIpc) is 2.63. The summed E-state index contributed by atoms with van der Waals surface area (Å²) in [5, 5.41) is 11.4. The van der Waals surface area contributed by atoms with Crippen LogP contribution in [0, 0.1) is 0 Å². The van der Waals surface area contributed by atoms with Crippen molar-refractivity contribution in [1.29, 1.82) is 0 Å². The Morgan fingerprint density at radius 2 is 1.96 bits per heavy atom. The van der Waals surface area contributed by atoms with E-state index in [9.17, 15) is 4.79 Å². The maximum atomic E-state index is 12.3. The molecule has 1 aromatic heterocycles. The first kappa shape index (κ1) is 15.4. The molecule has 0 saturated carbocycles. The van der Waals surface area contributed by atoms with Gasteiger partial charge in [0.05, 0.1) is 13.2 Å². The summed E-state index contributed by atoms with van der Waals surface area (Å²) in [6.07, 6.45) is 0.935. The highest BCUT2D eigenvalue weighted by Crippen LogP contribution is 2.19. The lowest BCUT2D eigenvalue weighted by molar-refractivity contribution is 0.0298. The third-order valence-electron chi connectivity index (χ3n) is 3.84. The topological polar surface area (TPSA) is 67.4 Å². The lowest BCUT2D eigenvalue weighted by atomic mass is 10.1. The molecule has 3 rings (SSSR count). The van der Waals surface area contributed by atoms with Gasteiger partial charge in [0, 0.05) is 18.8 Å². The maximum absolute atomic E-state index is 12.3. The number of ether oxygens (including phenoxy) is 1. The van der Waals surface area contributed by atoms with Gasteiger partial charge in [-0.05, 0) is 30.2 Å². The summed E-state index contributed by atoms with van der Waals surface area (Å²) in [7, 11) is 0. The van der Waals surface area contributed by atoms with E-state index >= 15 is 0 Å². The molecule has 0 atom stereocenters. The summed E-state index contributed by atoms with van der Waals surface area (Å²) in [4.78, 5) is 14.1. The molecule has 120 valence electrons. The number of carbonyl (C=O) groups is 1. The van der Waals surface area contributed by atoms with Gasteiger partial charge in [0.15, 0.2) is 11.5 Å². The first-order valence-electron chi connectivity index (χ1n) is 7.83. The molecule has 0 spiro atoms. The van der Waals surface area contributed by atoms with Gasteiger partial charge in [-0.1, -0.05) is 25.1 Å². The van der Waals surface area contributed by atoms with E-state index in [-0.39, 0.29) is 5.91 Å². The van der Waals surface area contributed by atoms with Crippen LogP contribution in [0.4, 0.5) is 11.5 Å². The summed E-state index contributed by atoms with van der Waals surface area (Å²) in [6, 6.07) is 11.6. The molecule has 0 aliphatic carbocycles. The molecule has 0 unspecified atom stereocenters. The lowest BCUT2D eigenvalue weighted by Crippen LogP contribution is -2.41. The standard InChI is InChI=1S/C17H20N4O2/c1-2-13-5-3-4-6-14(13)18-16-8-7-15(19-20-16)17(22)21-9-11-23-12-10-21/h3-8H,2,9-12H2,1H3,(H,18,20). The van der Waals surface area contributed by atoms with E-state index in [1.807, 2.05) is 18.2 Å². The molecule has 1 aliphatic heterocycles. The van der Waals surface area contributed by atoms with Crippen molar-refractivity contribution in [3.8, 4) is 0 Å².